The average Bonchev–Trinajstić information content (AvgIpc) is 2.97. The number of Topliss-reactive ketones (excluding diaryl/α,β-unsaturated/α-hetero) is 1. The van der Waals surface area contributed by atoms with E-state index in [1.165, 1.54) is 17.0 Å². The van der Waals surface area contributed by atoms with Gasteiger partial charge in [-0.2, -0.15) is 0 Å². The molecule has 4 rings (SSSR count). The molecule has 258 valence electrons. The smallest absolute Gasteiger partial charge is 0.410 e. The maximum atomic E-state index is 13.6. The minimum Gasteiger partial charge on any atom is -0.444 e. The van der Waals surface area contributed by atoms with Crippen LogP contribution in [0.2, 0.25) is 0 Å². The van der Waals surface area contributed by atoms with Crippen molar-refractivity contribution in [1.29, 1.82) is 0 Å². The van der Waals surface area contributed by atoms with E-state index in [0.717, 1.165) is 28.8 Å². The second-order valence-electron chi connectivity index (χ2n) is 14.5. The number of rotatable bonds is 9. The Morgan fingerprint density at radius 3 is 2.17 bits per heavy atom. The highest BCUT2D eigenvalue weighted by atomic mass is 32.2. The van der Waals surface area contributed by atoms with Crippen LogP contribution in [0.25, 0.3) is 0 Å². The Bertz CT molecular complexity index is 1730. The number of carbonyl (C=O) groups excluding carboxylic acids is 3. The maximum absolute atomic E-state index is 13.6. The van der Waals surface area contributed by atoms with Crippen molar-refractivity contribution in [1.82, 2.24) is 4.90 Å². The number of ether oxygens (including phenoxy) is 1. The molecule has 9 nitrogen and oxygen atoms in total. The van der Waals surface area contributed by atoms with Gasteiger partial charge in [0.1, 0.15) is 11.4 Å². The topological polar surface area (TPSA) is 130 Å². The van der Waals surface area contributed by atoms with Gasteiger partial charge in [0.05, 0.1) is 30.1 Å². The molecule has 11 heteroatoms. The zero-order valence-corrected chi connectivity index (χ0v) is 29.1. The first-order valence-electron chi connectivity index (χ1n) is 15.9. The van der Waals surface area contributed by atoms with E-state index >= 15 is 0 Å². The van der Waals surface area contributed by atoms with Gasteiger partial charge in [0.25, 0.3) is 0 Å². The zero-order valence-electron chi connectivity index (χ0n) is 28.3. The fourth-order valence-corrected chi connectivity index (χ4v) is 7.71. The number of amides is 2. The first-order valence-corrected chi connectivity index (χ1v) is 17.8. The van der Waals surface area contributed by atoms with Crippen molar-refractivity contribution in [3.8, 4) is 0 Å². The standard InChI is InChI=1S/C37H45FN2O7S/c1-36(2,3)28-9-7-8-25(19-28)21-40(35(44)47-37(4,5)6)31-23-48(45,46)22-27(34(31)43)18-24-10-16-30(17-11-24)39-33(42)20-32(41)26-12-14-29(38)15-13-26/h7-17,19,27,31,34,43H,18,20-23H2,1-6H3,(H,39,42)/t27-,31+,34+/m1/s1. The summed E-state index contributed by atoms with van der Waals surface area (Å²) in [6.07, 6.45) is -2.09. The van der Waals surface area contributed by atoms with E-state index in [0.29, 0.717) is 5.69 Å². The van der Waals surface area contributed by atoms with Crippen LogP contribution in [0.4, 0.5) is 14.9 Å². The summed E-state index contributed by atoms with van der Waals surface area (Å²) >= 11 is 0. The number of halogens is 1. The number of sulfone groups is 1. The van der Waals surface area contributed by atoms with Gasteiger partial charge in [-0.3, -0.25) is 14.5 Å². The monoisotopic (exact) mass is 680 g/mol. The first kappa shape index (κ1) is 36.7. The summed E-state index contributed by atoms with van der Waals surface area (Å²) in [7, 11) is -3.66. The van der Waals surface area contributed by atoms with E-state index in [9.17, 15) is 32.3 Å². The Labute approximate surface area is 282 Å². The third-order valence-electron chi connectivity index (χ3n) is 8.17. The number of benzene rings is 3. The van der Waals surface area contributed by atoms with Gasteiger partial charge in [-0.25, -0.2) is 17.6 Å². The summed E-state index contributed by atoms with van der Waals surface area (Å²) in [5.74, 6) is -2.83. The van der Waals surface area contributed by atoms with Crippen LogP contribution >= 0.6 is 0 Å². The number of hydrogen-bond acceptors (Lipinski definition) is 7. The normalized spacial score (nSPS) is 19.3. The number of aliphatic hydroxyl groups excluding tert-OH is 1. The van der Waals surface area contributed by atoms with Crippen LogP contribution in [0.15, 0.2) is 72.8 Å². The Morgan fingerprint density at radius 2 is 1.56 bits per heavy atom. The number of carbonyl (C=O) groups is 3. The predicted molar refractivity (Wildman–Crippen MR) is 183 cm³/mol. The van der Waals surface area contributed by atoms with Gasteiger partial charge in [0.2, 0.25) is 5.91 Å². The molecule has 0 radical (unpaired) electrons. The summed E-state index contributed by atoms with van der Waals surface area (Å²) < 4.78 is 45.4. The van der Waals surface area contributed by atoms with E-state index in [1.807, 2.05) is 24.3 Å². The van der Waals surface area contributed by atoms with E-state index in [-0.39, 0.29) is 29.7 Å². The van der Waals surface area contributed by atoms with Gasteiger partial charge < -0.3 is 15.2 Å². The van der Waals surface area contributed by atoms with Crippen LogP contribution in [0, 0.1) is 11.7 Å². The van der Waals surface area contributed by atoms with Crippen LogP contribution in [0.3, 0.4) is 0 Å². The molecule has 3 aromatic rings. The molecule has 2 amide bonds. The summed E-state index contributed by atoms with van der Waals surface area (Å²) in [6.45, 7) is 11.5. The lowest BCUT2D eigenvalue weighted by molar-refractivity contribution is -0.115. The van der Waals surface area contributed by atoms with Gasteiger partial charge >= 0.3 is 6.09 Å². The van der Waals surface area contributed by atoms with Crippen molar-refractivity contribution < 1.29 is 37.0 Å². The third-order valence-corrected chi connectivity index (χ3v) is 9.95. The van der Waals surface area contributed by atoms with Crippen LogP contribution in [-0.2, 0) is 37.7 Å². The molecule has 0 unspecified atom stereocenters. The Morgan fingerprint density at radius 1 is 0.917 bits per heavy atom. The molecule has 0 bridgehead atoms. The Balaban J connectivity index is 1.50. The van der Waals surface area contributed by atoms with E-state index in [2.05, 4.69) is 26.1 Å². The highest BCUT2D eigenvalue weighted by Gasteiger charge is 2.44. The number of aliphatic hydroxyl groups is 1. The van der Waals surface area contributed by atoms with E-state index in [1.54, 1.807) is 45.0 Å². The zero-order chi connectivity index (χ0) is 35.4. The van der Waals surface area contributed by atoms with Gasteiger partial charge in [-0.05, 0) is 85.7 Å². The number of anilines is 1. The molecular weight excluding hydrogens is 635 g/mol. The van der Waals surface area contributed by atoms with Crippen molar-refractivity contribution in [3.05, 3.63) is 101 Å². The van der Waals surface area contributed by atoms with E-state index in [4.69, 9.17) is 4.74 Å². The van der Waals surface area contributed by atoms with Crippen LogP contribution in [-0.4, -0.2) is 65.5 Å². The second kappa shape index (κ2) is 14.6. The molecule has 1 heterocycles. The van der Waals surface area contributed by atoms with Gasteiger partial charge in [-0.15, -0.1) is 0 Å². The fourth-order valence-electron chi connectivity index (χ4n) is 5.71. The van der Waals surface area contributed by atoms with Crippen molar-refractivity contribution >= 4 is 33.3 Å². The van der Waals surface area contributed by atoms with Crippen LogP contribution < -0.4 is 5.32 Å². The highest BCUT2D eigenvalue weighted by Crippen LogP contribution is 2.30. The molecule has 0 aromatic heterocycles. The number of nitrogens with zero attached hydrogens (tertiary/aromatic N) is 1. The second-order valence-corrected chi connectivity index (χ2v) is 16.7. The highest BCUT2D eigenvalue weighted by molar-refractivity contribution is 7.91. The van der Waals surface area contributed by atoms with Crippen LogP contribution in [0.1, 0.15) is 75.0 Å². The number of nitrogens with one attached hydrogen (secondary N) is 1. The molecule has 0 spiro atoms. The molecule has 0 aliphatic carbocycles. The lowest BCUT2D eigenvalue weighted by Gasteiger charge is -2.41. The average molecular weight is 681 g/mol. The summed E-state index contributed by atoms with van der Waals surface area (Å²) in [6, 6.07) is 18.3. The van der Waals surface area contributed by atoms with Crippen molar-refractivity contribution in [2.45, 2.75) is 84.1 Å². The SMILES string of the molecule is CC(C)(C)OC(=O)N(Cc1cccc(C(C)(C)C)c1)[C@H]1CS(=O)(=O)C[C@@H](Cc2ccc(NC(=O)CC(=O)c3ccc(F)cc3)cc2)[C@@H]1O. The molecule has 1 aliphatic rings. The van der Waals surface area contributed by atoms with E-state index < -0.39 is 69.3 Å². The minimum atomic E-state index is -3.66. The molecule has 3 aromatic carbocycles. The quantitative estimate of drug-likeness (QED) is 0.207. The molecule has 1 saturated heterocycles. The molecule has 1 aliphatic heterocycles. The summed E-state index contributed by atoms with van der Waals surface area (Å²) in [5, 5.41) is 14.3. The van der Waals surface area contributed by atoms with Gasteiger partial charge in [0, 0.05) is 23.7 Å². The third kappa shape index (κ3) is 10.2. The number of hydrogen-bond donors (Lipinski definition) is 2. The molecular formula is C37H45FN2O7S. The fraction of sp³-hybridized carbons (Fsp3) is 0.432. The predicted octanol–water partition coefficient (Wildman–Crippen LogP) is 6.09. The minimum absolute atomic E-state index is 0.0564. The first-order chi connectivity index (χ1) is 22.3. The van der Waals surface area contributed by atoms with Crippen molar-refractivity contribution in [2.75, 3.05) is 16.8 Å². The van der Waals surface area contributed by atoms with Crippen molar-refractivity contribution in [3.63, 3.8) is 0 Å². The Hall–Kier alpha value is -4.09. The molecule has 3 atom stereocenters. The maximum Gasteiger partial charge on any atom is 0.410 e. The van der Waals surface area contributed by atoms with Crippen molar-refractivity contribution in [2.24, 2.45) is 5.92 Å². The molecule has 48 heavy (non-hydrogen) atoms. The molecule has 2 N–H and O–H groups in total. The van der Waals surface area contributed by atoms with Crippen LogP contribution in [0.5, 0.6) is 0 Å². The molecule has 0 saturated carbocycles. The summed E-state index contributed by atoms with van der Waals surface area (Å²) in [5.41, 5.74) is 2.23. The lowest BCUT2D eigenvalue weighted by atomic mass is 9.86. The van der Waals surface area contributed by atoms with Gasteiger partial charge in [-0.1, -0.05) is 57.2 Å². The lowest BCUT2D eigenvalue weighted by Crippen LogP contribution is -2.58. The Kier molecular flexibility index (Phi) is 11.2. The summed E-state index contributed by atoms with van der Waals surface area (Å²) in [4.78, 5) is 39.8. The molecule has 1 fully saturated rings. The largest absolute Gasteiger partial charge is 0.444 e. The number of ketones is 1. The van der Waals surface area contributed by atoms with Gasteiger partial charge in [0.15, 0.2) is 15.6 Å².